The predicted octanol–water partition coefficient (Wildman–Crippen LogP) is 3.90. The van der Waals surface area contributed by atoms with Gasteiger partial charge in [-0.2, -0.15) is 0 Å². The van der Waals surface area contributed by atoms with Crippen molar-refractivity contribution in [3.63, 3.8) is 0 Å². The summed E-state index contributed by atoms with van der Waals surface area (Å²) in [7, 11) is 7.21. The first-order chi connectivity index (χ1) is 17.7. The molecular formula is C25H27N3O9. The molecule has 3 rings (SSSR count). The van der Waals surface area contributed by atoms with Crippen LogP contribution in [-0.4, -0.2) is 68.6 Å². The number of aliphatic carboxylic acids is 1. The molecular weight excluding hydrogens is 486 g/mol. The number of methoxy groups -OCH3 is 4. The molecule has 0 aliphatic carbocycles. The van der Waals surface area contributed by atoms with Gasteiger partial charge in [-0.05, 0) is 29.8 Å². The van der Waals surface area contributed by atoms with Gasteiger partial charge < -0.3 is 33.9 Å². The molecule has 37 heavy (non-hydrogen) atoms. The number of hydrogen-bond acceptors (Lipinski definition) is 9. The van der Waals surface area contributed by atoms with Crippen LogP contribution in [0.15, 0.2) is 41.1 Å². The molecule has 0 saturated carbocycles. The van der Waals surface area contributed by atoms with Gasteiger partial charge in [0.15, 0.2) is 17.3 Å². The number of amides is 3. The minimum absolute atomic E-state index is 0.278. The van der Waals surface area contributed by atoms with Crippen molar-refractivity contribution >= 4 is 23.6 Å². The number of hydrogen-bond donors (Lipinski definition) is 2. The lowest BCUT2D eigenvalue weighted by Crippen LogP contribution is -2.36. The highest BCUT2D eigenvalue weighted by Crippen LogP contribution is 2.44. The van der Waals surface area contributed by atoms with Crippen molar-refractivity contribution in [2.24, 2.45) is 0 Å². The minimum Gasteiger partial charge on any atom is -0.495 e. The van der Waals surface area contributed by atoms with Crippen LogP contribution < -0.4 is 24.3 Å². The third-order valence-electron chi connectivity index (χ3n) is 5.48. The Morgan fingerprint density at radius 2 is 1.57 bits per heavy atom. The zero-order chi connectivity index (χ0) is 27.1. The Balaban J connectivity index is 1.96. The fourth-order valence-corrected chi connectivity index (χ4v) is 3.53. The van der Waals surface area contributed by atoms with Gasteiger partial charge in [0.2, 0.25) is 11.7 Å². The van der Waals surface area contributed by atoms with E-state index in [-0.39, 0.29) is 18.5 Å². The number of ether oxygens (including phenoxy) is 4. The third-order valence-corrected chi connectivity index (χ3v) is 5.48. The summed E-state index contributed by atoms with van der Waals surface area (Å²) in [5.74, 6) is 0.255. The summed E-state index contributed by atoms with van der Waals surface area (Å²) in [5, 5.41) is 15.3. The largest absolute Gasteiger partial charge is 0.495 e. The van der Waals surface area contributed by atoms with Crippen LogP contribution >= 0.6 is 0 Å². The highest BCUT2D eigenvalue weighted by Gasteiger charge is 2.22. The van der Waals surface area contributed by atoms with Crippen molar-refractivity contribution in [2.75, 3.05) is 40.8 Å². The van der Waals surface area contributed by atoms with Crippen molar-refractivity contribution in [3.05, 3.63) is 36.5 Å². The van der Waals surface area contributed by atoms with Crippen molar-refractivity contribution in [2.45, 2.75) is 12.8 Å². The molecule has 3 amide bonds. The summed E-state index contributed by atoms with van der Waals surface area (Å²) in [5.41, 5.74) is 2.10. The Bertz CT molecular complexity index is 1280. The number of nitrogens with zero attached hydrogens (tertiary/aromatic N) is 2. The maximum absolute atomic E-state index is 12.7. The third kappa shape index (κ3) is 5.92. The van der Waals surface area contributed by atoms with E-state index in [0.717, 1.165) is 4.90 Å². The van der Waals surface area contributed by atoms with Gasteiger partial charge in [0, 0.05) is 24.6 Å². The molecule has 1 aromatic heterocycles. The topological polar surface area (TPSA) is 150 Å². The second-order valence-corrected chi connectivity index (χ2v) is 7.67. The Labute approximate surface area is 212 Å². The summed E-state index contributed by atoms with van der Waals surface area (Å²) in [6.45, 7) is 0. The Hall–Kier alpha value is -4.74. The van der Waals surface area contributed by atoms with Crippen molar-refractivity contribution in [3.8, 4) is 45.4 Å². The smallest absolute Gasteiger partial charge is 0.328 e. The van der Waals surface area contributed by atoms with Crippen molar-refractivity contribution in [1.82, 2.24) is 10.1 Å². The quantitative estimate of drug-likeness (QED) is 0.409. The van der Waals surface area contributed by atoms with E-state index < -0.39 is 17.9 Å². The van der Waals surface area contributed by atoms with Gasteiger partial charge in [0.1, 0.15) is 5.75 Å². The SMILES string of the molecule is COc1ccc(-c2cnoc2-c2cc(OC)c(OC)c(OC)c2)cc1NC(=O)N(C)C(=O)CCC(=O)O. The van der Waals surface area contributed by atoms with E-state index in [9.17, 15) is 14.4 Å². The molecule has 0 atom stereocenters. The maximum atomic E-state index is 12.7. The molecule has 0 saturated heterocycles. The molecule has 196 valence electrons. The number of carboxylic acid groups (broad SMARTS) is 1. The number of anilines is 1. The molecule has 0 aliphatic heterocycles. The number of benzene rings is 2. The first kappa shape index (κ1) is 26.9. The Kier molecular flexibility index (Phi) is 8.56. The van der Waals surface area contributed by atoms with Crippen LogP contribution in [0, 0.1) is 0 Å². The van der Waals surface area contributed by atoms with Gasteiger partial charge in [-0.15, -0.1) is 0 Å². The minimum atomic E-state index is -1.13. The summed E-state index contributed by atoms with van der Waals surface area (Å²) in [6, 6.07) is 7.72. The molecule has 2 N–H and O–H groups in total. The lowest BCUT2D eigenvalue weighted by atomic mass is 10.0. The van der Waals surface area contributed by atoms with Crippen molar-refractivity contribution in [1.29, 1.82) is 0 Å². The predicted molar refractivity (Wildman–Crippen MR) is 132 cm³/mol. The van der Waals surface area contributed by atoms with E-state index in [2.05, 4.69) is 10.5 Å². The molecule has 0 radical (unpaired) electrons. The molecule has 12 heteroatoms. The molecule has 2 aromatic carbocycles. The highest BCUT2D eigenvalue weighted by molar-refractivity contribution is 6.02. The number of imide groups is 1. The van der Waals surface area contributed by atoms with Gasteiger partial charge in [-0.25, -0.2) is 4.79 Å². The van der Waals surface area contributed by atoms with Gasteiger partial charge >= 0.3 is 12.0 Å². The fourth-order valence-electron chi connectivity index (χ4n) is 3.53. The van der Waals surface area contributed by atoms with E-state index in [1.54, 1.807) is 30.3 Å². The Morgan fingerprint density at radius 3 is 2.14 bits per heavy atom. The fraction of sp³-hybridized carbons (Fsp3) is 0.280. The number of nitrogens with one attached hydrogen (secondary N) is 1. The first-order valence-electron chi connectivity index (χ1n) is 11.0. The second-order valence-electron chi connectivity index (χ2n) is 7.67. The molecule has 0 aliphatic rings. The highest BCUT2D eigenvalue weighted by atomic mass is 16.5. The molecule has 3 aromatic rings. The molecule has 1 heterocycles. The zero-order valence-electron chi connectivity index (χ0n) is 21.0. The molecule has 0 unspecified atom stereocenters. The Morgan fingerprint density at radius 1 is 0.919 bits per heavy atom. The van der Waals surface area contributed by atoms with E-state index in [1.807, 2.05) is 0 Å². The number of aromatic nitrogens is 1. The zero-order valence-corrected chi connectivity index (χ0v) is 21.0. The van der Waals surface area contributed by atoms with E-state index >= 15 is 0 Å². The molecule has 12 nitrogen and oxygen atoms in total. The number of carbonyl (C=O) groups excluding carboxylic acids is 2. The standard InChI is InChI=1S/C25H27N3O9/c1-28(21(29)8-9-22(30)31)25(32)27-17-10-14(6-7-18(17)33-2)16-13-26-37-23(16)15-11-19(34-3)24(36-5)20(12-15)35-4/h6-7,10-13H,8-9H2,1-5H3,(H,27,32)(H,30,31). The van der Waals surface area contributed by atoms with Gasteiger partial charge in [-0.3, -0.25) is 14.5 Å². The van der Waals surface area contributed by atoms with E-state index in [0.29, 0.717) is 45.4 Å². The van der Waals surface area contributed by atoms with Crippen LogP contribution in [0.25, 0.3) is 22.5 Å². The lowest BCUT2D eigenvalue weighted by Gasteiger charge is -2.18. The summed E-state index contributed by atoms with van der Waals surface area (Å²) < 4.78 is 27.2. The first-order valence-corrected chi connectivity index (χ1v) is 11.0. The molecule has 0 bridgehead atoms. The van der Waals surface area contributed by atoms with Crippen LogP contribution in [0.2, 0.25) is 0 Å². The van der Waals surface area contributed by atoms with Crippen LogP contribution in [0.4, 0.5) is 10.5 Å². The molecule has 0 fully saturated rings. The molecule has 0 spiro atoms. The number of rotatable bonds is 10. The number of carboxylic acids is 1. The van der Waals surface area contributed by atoms with Crippen LogP contribution in [0.1, 0.15) is 12.8 Å². The van der Waals surface area contributed by atoms with Gasteiger partial charge in [0.25, 0.3) is 0 Å². The average molecular weight is 514 g/mol. The monoisotopic (exact) mass is 513 g/mol. The van der Waals surface area contributed by atoms with Crippen LogP contribution in [-0.2, 0) is 9.59 Å². The maximum Gasteiger partial charge on any atom is 0.328 e. The van der Waals surface area contributed by atoms with Gasteiger partial charge in [0.05, 0.1) is 46.7 Å². The van der Waals surface area contributed by atoms with Crippen molar-refractivity contribution < 1.29 is 43.0 Å². The second kappa shape index (κ2) is 11.8. The normalized spacial score (nSPS) is 10.4. The van der Waals surface area contributed by atoms with Crippen LogP contribution in [0.3, 0.4) is 0 Å². The van der Waals surface area contributed by atoms with E-state index in [4.69, 9.17) is 28.6 Å². The van der Waals surface area contributed by atoms with Gasteiger partial charge in [-0.1, -0.05) is 11.2 Å². The summed E-state index contributed by atoms with van der Waals surface area (Å²) in [4.78, 5) is 36.4. The average Bonchev–Trinajstić information content (AvgIpc) is 3.40. The van der Waals surface area contributed by atoms with Crippen LogP contribution in [0.5, 0.6) is 23.0 Å². The summed E-state index contributed by atoms with van der Waals surface area (Å²) in [6.07, 6.45) is 0.829. The summed E-state index contributed by atoms with van der Waals surface area (Å²) >= 11 is 0. The number of carbonyl (C=O) groups is 3. The lowest BCUT2D eigenvalue weighted by molar-refractivity contribution is -0.139. The van der Waals surface area contributed by atoms with E-state index in [1.165, 1.54) is 41.7 Å². The number of urea groups is 1.